The molecule has 0 amide bonds. The van der Waals surface area contributed by atoms with Crippen molar-refractivity contribution in [2.75, 3.05) is 20.7 Å². The first kappa shape index (κ1) is 15.7. The number of nitrogens with one attached hydrogen (secondary N) is 2. The number of hydrogen-bond donors (Lipinski definition) is 2. The molecule has 1 rings (SSSR count). The van der Waals surface area contributed by atoms with E-state index >= 15 is 0 Å². The van der Waals surface area contributed by atoms with E-state index < -0.39 is 0 Å². The minimum absolute atomic E-state index is 0.237. The van der Waals surface area contributed by atoms with Crippen LogP contribution in [0.3, 0.4) is 0 Å². The van der Waals surface area contributed by atoms with Crippen molar-refractivity contribution >= 4 is 17.6 Å². The van der Waals surface area contributed by atoms with Crippen LogP contribution in [-0.4, -0.2) is 37.2 Å². The quantitative estimate of drug-likeness (QED) is 0.492. The number of rotatable bonds is 5. The number of methoxy groups -OCH3 is 1. The largest absolute Gasteiger partial charge is 0.377 e. The highest BCUT2D eigenvalue weighted by Gasteiger charge is 2.16. The number of aromatic nitrogens is 1. The predicted octanol–water partition coefficient (Wildman–Crippen LogP) is 1.82. The van der Waals surface area contributed by atoms with E-state index in [9.17, 15) is 0 Å². The summed E-state index contributed by atoms with van der Waals surface area (Å²) in [6.07, 6.45) is 1.74. The summed E-state index contributed by atoms with van der Waals surface area (Å²) in [6, 6.07) is 3.69. The number of pyridine rings is 1. The zero-order chi connectivity index (χ0) is 14.3. The van der Waals surface area contributed by atoms with Gasteiger partial charge in [0.25, 0.3) is 0 Å². The highest BCUT2D eigenvalue weighted by atomic mass is 35.5. The maximum atomic E-state index is 5.74. The summed E-state index contributed by atoms with van der Waals surface area (Å²) in [5.74, 6) is 0.722. The summed E-state index contributed by atoms with van der Waals surface area (Å²) in [4.78, 5) is 8.18. The second-order valence-electron chi connectivity index (χ2n) is 4.73. The molecule has 0 aromatic carbocycles. The lowest BCUT2D eigenvalue weighted by atomic mass is 10.1. The molecule has 2 N–H and O–H groups in total. The van der Waals surface area contributed by atoms with Crippen molar-refractivity contribution in [1.82, 2.24) is 15.6 Å². The average molecular weight is 285 g/mol. The molecule has 0 aliphatic rings. The molecule has 0 fully saturated rings. The molecule has 0 atom stereocenters. The van der Waals surface area contributed by atoms with Crippen LogP contribution >= 0.6 is 11.6 Å². The van der Waals surface area contributed by atoms with E-state index in [-0.39, 0.29) is 5.60 Å². The fraction of sp³-hybridized carbons (Fsp3) is 0.538. The fourth-order valence-electron chi connectivity index (χ4n) is 1.29. The van der Waals surface area contributed by atoms with Gasteiger partial charge in [-0.05, 0) is 25.5 Å². The molecule has 19 heavy (non-hydrogen) atoms. The third-order valence-corrected chi connectivity index (χ3v) is 2.93. The molecule has 1 aromatic rings. The Morgan fingerprint density at radius 2 is 2.16 bits per heavy atom. The summed E-state index contributed by atoms with van der Waals surface area (Å²) in [5, 5.41) is 6.91. The van der Waals surface area contributed by atoms with Gasteiger partial charge in [0.1, 0.15) is 5.15 Å². The van der Waals surface area contributed by atoms with Crippen molar-refractivity contribution < 1.29 is 4.74 Å². The van der Waals surface area contributed by atoms with Gasteiger partial charge in [-0.1, -0.05) is 17.7 Å². The van der Waals surface area contributed by atoms with E-state index in [4.69, 9.17) is 16.3 Å². The van der Waals surface area contributed by atoms with Gasteiger partial charge < -0.3 is 15.4 Å². The van der Waals surface area contributed by atoms with E-state index in [1.54, 1.807) is 26.4 Å². The van der Waals surface area contributed by atoms with Gasteiger partial charge in [-0.3, -0.25) is 4.99 Å². The van der Waals surface area contributed by atoms with Gasteiger partial charge >= 0.3 is 0 Å². The van der Waals surface area contributed by atoms with Gasteiger partial charge in [0.05, 0.1) is 5.60 Å². The molecule has 0 spiro atoms. The Kier molecular flexibility index (Phi) is 6.05. The molecule has 5 nitrogen and oxygen atoms in total. The van der Waals surface area contributed by atoms with Gasteiger partial charge in [0.2, 0.25) is 0 Å². The molecular weight excluding hydrogens is 264 g/mol. The van der Waals surface area contributed by atoms with Crippen molar-refractivity contribution in [3.05, 3.63) is 29.0 Å². The maximum Gasteiger partial charge on any atom is 0.191 e. The van der Waals surface area contributed by atoms with E-state index in [0.717, 1.165) is 11.5 Å². The third-order valence-electron chi connectivity index (χ3n) is 2.71. The Morgan fingerprint density at radius 3 is 2.68 bits per heavy atom. The van der Waals surface area contributed by atoms with Crippen LogP contribution in [0.4, 0.5) is 0 Å². The molecule has 0 bridgehead atoms. The summed E-state index contributed by atoms with van der Waals surface area (Å²) in [6.45, 7) is 5.33. The number of aliphatic imine (C=N–C) groups is 1. The molecule has 0 aliphatic carbocycles. The standard InChI is InChI=1S/C13H21ClN4O/c1-13(2,19-4)9-18-12(15-3)17-8-10-5-6-11(14)16-7-10/h5-7H,8-9H2,1-4H3,(H2,15,17,18). The summed E-state index contributed by atoms with van der Waals surface area (Å²) in [5.41, 5.74) is 0.803. The first-order valence-electron chi connectivity index (χ1n) is 6.07. The minimum atomic E-state index is -0.237. The zero-order valence-electron chi connectivity index (χ0n) is 11.8. The van der Waals surface area contributed by atoms with E-state index in [0.29, 0.717) is 18.2 Å². The molecule has 0 aliphatic heterocycles. The van der Waals surface area contributed by atoms with Crippen LogP contribution in [0.2, 0.25) is 5.15 Å². The fourth-order valence-corrected chi connectivity index (χ4v) is 1.40. The molecule has 0 saturated heterocycles. The van der Waals surface area contributed by atoms with Crippen LogP contribution in [-0.2, 0) is 11.3 Å². The molecule has 0 unspecified atom stereocenters. The van der Waals surface area contributed by atoms with E-state index in [1.807, 2.05) is 19.9 Å². The Bertz CT molecular complexity index is 417. The second-order valence-corrected chi connectivity index (χ2v) is 5.12. The smallest absolute Gasteiger partial charge is 0.191 e. The predicted molar refractivity (Wildman–Crippen MR) is 78.5 cm³/mol. The lowest BCUT2D eigenvalue weighted by Crippen LogP contribution is -2.45. The van der Waals surface area contributed by atoms with E-state index in [1.165, 1.54) is 0 Å². The first-order chi connectivity index (χ1) is 8.96. The minimum Gasteiger partial charge on any atom is -0.377 e. The summed E-state index contributed by atoms with van der Waals surface area (Å²) in [7, 11) is 3.42. The Balaban J connectivity index is 2.43. The maximum absolute atomic E-state index is 5.74. The van der Waals surface area contributed by atoms with Gasteiger partial charge in [-0.25, -0.2) is 4.98 Å². The van der Waals surface area contributed by atoms with Crippen LogP contribution in [0.25, 0.3) is 0 Å². The highest BCUT2D eigenvalue weighted by molar-refractivity contribution is 6.29. The number of halogens is 1. The monoisotopic (exact) mass is 284 g/mol. The topological polar surface area (TPSA) is 58.5 Å². The first-order valence-corrected chi connectivity index (χ1v) is 6.45. The lowest BCUT2D eigenvalue weighted by molar-refractivity contribution is 0.0268. The van der Waals surface area contributed by atoms with Gasteiger partial charge in [0, 0.05) is 33.4 Å². The van der Waals surface area contributed by atoms with Gasteiger partial charge in [0.15, 0.2) is 5.96 Å². The molecule has 0 saturated carbocycles. The van der Waals surface area contributed by atoms with Crippen LogP contribution in [0, 0.1) is 0 Å². The second kappa shape index (κ2) is 7.31. The lowest BCUT2D eigenvalue weighted by Gasteiger charge is -2.24. The average Bonchev–Trinajstić information content (AvgIpc) is 2.41. The Labute approximate surface area is 119 Å². The number of guanidine groups is 1. The number of nitrogens with zero attached hydrogens (tertiary/aromatic N) is 2. The molecule has 106 valence electrons. The van der Waals surface area contributed by atoms with E-state index in [2.05, 4.69) is 20.6 Å². The van der Waals surface area contributed by atoms with Crippen LogP contribution in [0.5, 0.6) is 0 Å². The molecule has 0 radical (unpaired) electrons. The normalized spacial score (nSPS) is 12.4. The van der Waals surface area contributed by atoms with Crippen molar-refractivity contribution in [1.29, 1.82) is 0 Å². The van der Waals surface area contributed by atoms with Gasteiger partial charge in [-0.15, -0.1) is 0 Å². The molecule has 1 aromatic heterocycles. The van der Waals surface area contributed by atoms with Crippen LogP contribution in [0.1, 0.15) is 19.4 Å². The van der Waals surface area contributed by atoms with Gasteiger partial charge in [-0.2, -0.15) is 0 Å². The summed E-state index contributed by atoms with van der Waals surface area (Å²) < 4.78 is 5.34. The number of hydrogen-bond acceptors (Lipinski definition) is 3. The highest BCUT2D eigenvalue weighted by Crippen LogP contribution is 2.05. The van der Waals surface area contributed by atoms with Crippen molar-refractivity contribution in [3.8, 4) is 0 Å². The van der Waals surface area contributed by atoms with Crippen molar-refractivity contribution in [2.24, 2.45) is 4.99 Å². The third kappa shape index (κ3) is 5.89. The Hall–Kier alpha value is -1.33. The Morgan fingerprint density at radius 1 is 1.42 bits per heavy atom. The van der Waals surface area contributed by atoms with Crippen LogP contribution < -0.4 is 10.6 Å². The molecule has 1 heterocycles. The van der Waals surface area contributed by atoms with Crippen molar-refractivity contribution in [2.45, 2.75) is 26.0 Å². The zero-order valence-corrected chi connectivity index (χ0v) is 12.6. The molecular formula is C13H21ClN4O. The van der Waals surface area contributed by atoms with Crippen LogP contribution in [0.15, 0.2) is 23.3 Å². The van der Waals surface area contributed by atoms with Crippen molar-refractivity contribution in [3.63, 3.8) is 0 Å². The number of ether oxygens (including phenoxy) is 1. The molecule has 6 heteroatoms. The summed E-state index contributed by atoms with van der Waals surface area (Å²) >= 11 is 5.74. The SMILES string of the molecule is CN=C(NCc1ccc(Cl)nc1)NCC(C)(C)OC.